The Balaban J connectivity index is 1.38. The number of fused-ring (bicyclic) bond motifs is 3. The molecule has 2 N–H and O–H groups in total. The van der Waals surface area contributed by atoms with Gasteiger partial charge in [0.1, 0.15) is 17.1 Å². The predicted molar refractivity (Wildman–Crippen MR) is 127 cm³/mol. The molecule has 1 aromatic heterocycles. The molecule has 0 saturated carbocycles. The van der Waals surface area contributed by atoms with Crippen LogP contribution in [-0.2, 0) is 39.1 Å². The number of nitrogens with zero attached hydrogens (tertiary/aromatic N) is 1. The Morgan fingerprint density at radius 1 is 1.26 bits per heavy atom. The van der Waals surface area contributed by atoms with Crippen LogP contribution in [0.15, 0.2) is 24.3 Å². The van der Waals surface area contributed by atoms with Crippen LogP contribution in [0.1, 0.15) is 58.1 Å². The Morgan fingerprint density at radius 2 is 2.06 bits per heavy atom. The minimum Gasteiger partial charge on any atom is -0.465 e. The fourth-order valence-corrected chi connectivity index (χ4v) is 6.84. The standard InChI is InChI=1S/C25H27N3O5S/c1-14-9-10-16-18(12-14)34-21(20(16)22(30)33-2)26-19(29)13-28-23(31)25(27-24(28)32)11-5-7-15-6-3-4-8-17(15)25/h3-4,6,8,14H,5,7,9-13H2,1-2H3,(H,26,29)(H,27,32). The second kappa shape index (κ2) is 8.54. The van der Waals surface area contributed by atoms with Gasteiger partial charge < -0.3 is 15.4 Å². The van der Waals surface area contributed by atoms with E-state index in [2.05, 4.69) is 17.6 Å². The van der Waals surface area contributed by atoms with Gasteiger partial charge in [-0.25, -0.2) is 9.59 Å². The fourth-order valence-electron chi connectivity index (χ4n) is 5.42. The van der Waals surface area contributed by atoms with Crippen molar-refractivity contribution in [3.8, 4) is 0 Å². The van der Waals surface area contributed by atoms with Crippen molar-refractivity contribution < 1.29 is 23.9 Å². The van der Waals surface area contributed by atoms with Crippen molar-refractivity contribution in [2.45, 2.75) is 51.0 Å². The second-order valence-electron chi connectivity index (χ2n) is 9.33. The molecule has 1 fully saturated rings. The molecule has 1 saturated heterocycles. The molecule has 3 aliphatic rings. The summed E-state index contributed by atoms with van der Waals surface area (Å²) in [5.41, 5.74) is 2.03. The van der Waals surface area contributed by atoms with Crippen LogP contribution in [0.3, 0.4) is 0 Å². The van der Waals surface area contributed by atoms with E-state index >= 15 is 0 Å². The van der Waals surface area contributed by atoms with Gasteiger partial charge in [0.2, 0.25) is 5.91 Å². The van der Waals surface area contributed by atoms with Crippen molar-refractivity contribution in [3.05, 3.63) is 51.4 Å². The van der Waals surface area contributed by atoms with Gasteiger partial charge in [0.25, 0.3) is 5.91 Å². The van der Waals surface area contributed by atoms with Gasteiger partial charge in [0.05, 0.1) is 12.7 Å². The van der Waals surface area contributed by atoms with E-state index in [-0.39, 0.29) is 0 Å². The highest BCUT2D eigenvalue weighted by Gasteiger charge is 2.54. The maximum absolute atomic E-state index is 13.5. The highest BCUT2D eigenvalue weighted by molar-refractivity contribution is 7.17. The number of hydrogen-bond donors (Lipinski definition) is 2. The van der Waals surface area contributed by atoms with E-state index in [1.807, 2.05) is 24.3 Å². The first-order valence-corrected chi connectivity index (χ1v) is 12.4. The van der Waals surface area contributed by atoms with Crippen molar-refractivity contribution in [1.82, 2.24) is 10.2 Å². The fraction of sp³-hybridized carbons (Fsp3) is 0.440. The van der Waals surface area contributed by atoms with Gasteiger partial charge in [0, 0.05) is 4.88 Å². The molecule has 2 atom stereocenters. The van der Waals surface area contributed by atoms with Crippen molar-refractivity contribution in [1.29, 1.82) is 0 Å². The molecule has 0 bridgehead atoms. The van der Waals surface area contributed by atoms with E-state index in [1.54, 1.807) is 0 Å². The van der Waals surface area contributed by atoms with Crippen LogP contribution in [-0.4, -0.2) is 42.4 Å². The van der Waals surface area contributed by atoms with Crippen LogP contribution >= 0.6 is 11.3 Å². The van der Waals surface area contributed by atoms with Crippen molar-refractivity contribution in [3.63, 3.8) is 0 Å². The van der Waals surface area contributed by atoms with Gasteiger partial charge in [-0.2, -0.15) is 0 Å². The van der Waals surface area contributed by atoms with Crippen LogP contribution in [0.5, 0.6) is 0 Å². The largest absolute Gasteiger partial charge is 0.465 e. The van der Waals surface area contributed by atoms with Gasteiger partial charge >= 0.3 is 12.0 Å². The highest BCUT2D eigenvalue weighted by atomic mass is 32.1. The minimum atomic E-state index is -1.12. The Hall–Kier alpha value is -3.20. The summed E-state index contributed by atoms with van der Waals surface area (Å²) in [6.45, 7) is 1.74. The number of urea groups is 1. The molecule has 4 amide bonds. The van der Waals surface area contributed by atoms with Crippen LogP contribution in [0.25, 0.3) is 0 Å². The number of hydrogen-bond acceptors (Lipinski definition) is 6. The minimum absolute atomic E-state index is 0.387. The number of carbonyl (C=O) groups excluding carboxylic acids is 4. The van der Waals surface area contributed by atoms with E-state index < -0.39 is 35.9 Å². The molecule has 1 aliphatic heterocycles. The third-order valence-electron chi connectivity index (χ3n) is 7.11. The molecule has 2 aromatic rings. The molecule has 2 unspecified atom stereocenters. The molecule has 1 spiro atoms. The smallest absolute Gasteiger partial charge is 0.341 e. The summed E-state index contributed by atoms with van der Waals surface area (Å²) >= 11 is 1.37. The van der Waals surface area contributed by atoms with E-state index in [9.17, 15) is 19.2 Å². The summed E-state index contributed by atoms with van der Waals surface area (Å²) in [7, 11) is 1.32. The van der Waals surface area contributed by atoms with Crippen molar-refractivity contribution in [2.75, 3.05) is 19.0 Å². The zero-order valence-corrected chi connectivity index (χ0v) is 20.0. The van der Waals surface area contributed by atoms with Crippen LogP contribution in [0.4, 0.5) is 9.80 Å². The number of rotatable bonds is 4. The monoisotopic (exact) mass is 481 g/mol. The van der Waals surface area contributed by atoms with Crippen molar-refractivity contribution >= 4 is 40.2 Å². The molecular weight excluding hydrogens is 454 g/mol. The Bertz CT molecular complexity index is 1210. The Kier molecular flexibility index (Phi) is 5.67. The number of ether oxygens (including phenoxy) is 1. The number of thiophene rings is 1. The maximum atomic E-state index is 13.5. The Labute approximate surface area is 201 Å². The average Bonchev–Trinajstić information content (AvgIpc) is 3.28. The third-order valence-corrected chi connectivity index (χ3v) is 8.28. The first kappa shape index (κ1) is 22.6. The lowest BCUT2D eigenvalue weighted by Gasteiger charge is -2.33. The normalized spacial score (nSPS) is 23.4. The second-order valence-corrected chi connectivity index (χ2v) is 10.4. The van der Waals surface area contributed by atoms with E-state index in [0.717, 1.165) is 58.6 Å². The quantitative estimate of drug-likeness (QED) is 0.515. The summed E-state index contributed by atoms with van der Waals surface area (Å²) in [5, 5.41) is 6.06. The van der Waals surface area contributed by atoms with Gasteiger partial charge in [-0.3, -0.25) is 14.5 Å². The topological polar surface area (TPSA) is 105 Å². The van der Waals surface area contributed by atoms with Gasteiger partial charge in [-0.1, -0.05) is 31.2 Å². The summed E-state index contributed by atoms with van der Waals surface area (Å²) in [6, 6.07) is 7.04. The van der Waals surface area contributed by atoms with E-state index in [0.29, 0.717) is 22.9 Å². The average molecular weight is 482 g/mol. The molecule has 8 nitrogen and oxygen atoms in total. The lowest BCUT2D eigenvalue weighted by molar-refractivity contribution is -0.134. The van der Waals surface area contributed by atoms with Gasteiger partial charge in [0.15, 0.2) is 0 Å². The van der Waals surface area contributed by atoms with Crippen LogP contribution in [0, 0.1) is 5.92 Å². The molecule has 9 heteroatoms. The van der Waals surface area contributed by atoms with Gasteiger partial charge in [-0.05, 0) is 61.1 Å². The molecule has 0 radical (unpaired) electrons. The number of imide groups is 1. The van der Waals surface area contributed by atoms with Crippen molar-refractivity contribution in [2.24, 2.45) is 5.92 Å². The molecule has 2 heterocycles. The molecular formula is C25H27N3O5S. The molecule has 2 aliphatic carbocycles. The summed E-state index contributed by atoms with van der Waals surface area (Å²) in [5.74, 6) is -0.926. The van der Waals surface area contributed by atoms with Gasteiger partial charge in [-0.15, -0.1) is 11.3 Å². The number of anilines is 1. The lowest BCUT2D eigenvalue weighted by atomic mass is 9.76. The molecule has 5 rings (SSSR count). The highest BCUT2D eigenvalue weighted by Crippen LogP contribution is 2.41. The third kappa shape index (κ3) is 3.58. The first-order chi connectivity index (χ1) is 16.3. The number of carbonyl (C=O) groups is 4. The predicted octanol–water partition coefficient (Wildman–Crippen LogP) is 3.38. The number of aryl methyl sites for hydroxylation is 1. The van der Waals surface area contributed by atoms with Crippen LogP contribution in [0.2, 0.25) is 0 Å². The summed E-state index contributed by atoms with van der Waals surface area (Å²) < 4.78 is 4.97. The molecule has 1 aromatic carbocycles. The zero-order valence-electron chi connectivity index (χ0n) is 19.2. The van der Waals surface area contributed by atoms with E-state index in [1.165, 1.54) is 18.4 Å². The first-order valence-electron chi connectivity index (χ1n) is 11.6. The Morgan fingerprint density at radius 3 is 2.85 bits per heavy atom. The van der Waals surface area contributed by atoms with Crippen LogP contribution < -0.4 is 10.6 Å². The maximum Gasteiger partial charge on any atom is 0.341 e. The molecule has 34 heavy (non-hydrogen) atoms. The number of methoxy groups -OCH3 is 1. The number of nitrogens with one attached hydrogen (secondary N) is 2. The number of amides is 4. The summed E-state index contributed by atoms with van der Waals surface area (Å²) in [6.07, 6.45) is 4.67. The van der Waals surface area contributed by atoms with E-state index in [4.69, 9.17) is 4.74 Å². The SMILES string of the molecule is COC(=O)c1c(NC(=O)CN2C(=O)NC3(CCCc4ccccc43)C2=O)sc2c1CCC(C)C2. The number of esters is 1. The zero-order chi connectivity index (χ0) is 24.0. The molecule has 178 valence electrons. The lowest BCUT2D eigenvalue weighted by Crippen LogP contribution is -2.47. The summed E-state index contributed by atoms with van der Waals surface area (Å²) in [4.78, 5) is 53.8. The number of benzene rings is 1.